The summed E-state index contributed by atoms with van der Waals surface area (Å²) >= 11 is 4.94. The summed E-state index contributed by atoms with van der Waals surface area (Å²) in [7, 11) is 1.54. The highest BCUT2D eigenvalue weighted by atomic mass is 79.9. The highest BCUT2D eigenvalue weighted by Crippen LogP contribution is 2.31. The quantitative estimate of drug-likeness (QED) is 0.497. The maximum Gasteiger partial charge on any atom is 0.345 e. The van der Waals surface area contributed by atoms with Crippen LogP contribution in [0.15, 0.2) is 49.7 Å². The van der Waals surface area contributed by atoms with Crippen molar-refractivity contribution >= 4 is 43.2 Å². The lowest BCUT2D eigenvalue weighted by atomic mass is 10.1. The van der Waals surface area contributed by atoms with E-state index in [0.29, 0.717) is 22.6 Å². The molecule has 0 fully saturated rings. The molecule has 0 amide bonds. The number of benzene rings is 1. The van der Waals surface area contributed by atoms with Crippen molar-refractivity contribution < 1.29 is 9.15 Å². The topological polar surface area (TPSA) is 56.7 Å². The predicted octanol–water partition coefficient (Wildman–Crippen LogP) is 3.94. The van der Waals surface area contributed by atoms with Crippen LogP contribution in [-0.4, -0.2) is 16.5 Å². The highest BCUT2D eigenvalue weighted by Gasteiger charge is 2.14. The first-order valence-corrected chi connectivity index (χ1v) is 8.07. The fourth-order valence-corrected chi connectivity index (χ4v) is 3.51. The predicted molar refractivity (Wildman–Crippen MR) is 88.8 cm³/mol. The van der Waals surface area contributed by atoms with Gasteiger partial charge in [0.05, 0.1) is 18.4 Å². The maximum absolute atomic E-state index is 12.3. The van der Waals surface area contributed by atoms with Crippen LogP contribution in [0.25, 0.3) is 27.2 Å². The molecular formula is C15H9BrN2O3S. The number of fused-ring (bicyclic) bond motifs is 2. The molecule has 4 rings (SSSR count). The highest BCUT2D eigenvalue weighted by molar-refractivity contribution is 9.10. The molecule has 0 radical (unpaired) electrons. The molecule has 1 aromatic carbocycles. The van der Waals surface area contributed by atoms with E-state index in [1.165, 1.54) is 11.3 Å². The van der Waals surface area contributed by atoms with E-state index in [-0.39, 0.29) is 0 Å². The minimum absolute atomic E-state index is 0.431. The lowest BCUT2D eigenvalue weighted by Crippen LogP contribution is -2.03. The van der Waals surface area contributed by atoms with Crippen LogP contribution in [-0.2, 0) is 0 Å². The number of hydrogen-bond donors (Lipinski definition) is 0. The molecule has 0 bridgehead atoms. The van der Waals surface area contributed by atoms with Gasteiger partial charge in [-0.2, -0.15) is 0 Å². The van der Waals surface area contributed by atoms with Crippen molar-refractivity contribution in [2.75, 3.05) is 7.11 Å². The third-order valence-electron chi connectivity index (χ3n) is 3.35. The first-order valence-electron chi connectivity index (χ1n) is 6.39. The molecule has 0 aliphatic carbocycles. The fraction of sp³-hybridized carbons (Fsp3) is 0.0667. The summed E-state index contributed by atoms with van der Waals surface area (Å²) < 4.78 is 13.4. The molecule has 3 aromatic heterocycles. The van der Waals surface area contributed by atoms with Gasteiger partial charge in [-0.3, -0.25) is 4.40 Å². The molecule has 0 saturated heterocycles. The first-order chi connectivity index (χ1) is 10.7. The Hall–Kier alpha value is -2.12. The van der Waals surface area contributed by atoms with Gasteiger partial charge in [0.15, 0.2) is 16.3 Å². The Bertz CT molecular complexity index is 1040. The number of ether oxygens (including phenoxy) is 1. The van der Waals surface area contributed by atoms with E-state index in [1.54, 1.807) is 19.2 Å². The summed E-state index contributed by atoms with van der Waals surface area (Å²) in [4.78, 5) is 17.6. The second-order valence-corrected chi connectivity index (χ2v) is 6.48. The van der Waals surface area contributed by atoms with Gasteiger partial charge in [-0.25, -0.2) is 9.78 Å². The zero-order chi connectivity index (χ0) is 15.3. The molecule has 3 heterocycles. The molecule has 0 spiro atoms. The Labute approximate surface area is 136 Å². The second-order valence-electron chi connectivity index (χ2n) is 4.69. The fourth-order valence-electron chi connectivity index (χ4n) is 2.35. The maximum atomic E-state index is 12.3. The molecule has 0 N–H and O–H groups in total. The van der Waals surface area contributed by atoms with E-state index in [9.17, 15) is 4.79 Å². The average molecular weight is 377 g/mol. The lowest BCUT2D eigenvalue weighted by molar-refractivity contribution is 0.406. The van der Waals surface area contributed by atoms with Crippen molar-refractivity contribution in [2.45, 2.75) is 0 Å². The van der Waals surface area contributed by atoms with Crippen molar-refractivity contribution in [3.05, 3.63) is 50.9 Å². The van der Waals surface area contributed by atoms with E-state index < -0.39 is 5.63 Å². The summed E-state index contributed by atoms with van der Waals surface area (Å²) in [5.74, 6) is 0.513. The molecule has 0 saturated carbocycles. The molecule has 22 heavy (non-hydrogen) atoms. The van der Waals surface area contributed by atoms with Gasteiger partial charge in [0, 0.05) is 27.6 Å². The summed E-state index contributed by atoms with van der Waals surface area (Å²) in [5, 5.41) is 2.72. The van der Waals surface area contributed by atoms with Crippen LogP contribution in [0.1, 0.15) is 0 Å². The van der Waals surface area contributed by atoms with Crippen LogP contribution in [0.5, 0.6) is 5.75 Å². The Morgan fingerprint density at radius 1 is 1.36 bits per heavy atom. The monoisotopic (exact) mass is 376 g/mol. The van der Waals surface area contributed by atoms with Crippen LogP contribution in [0.3, 0.4) is 0 Å². The number of aromatic nitrogens is 2. The zero-order valence-electron chi connectivity index (χ0n) is 11.4. The van der Waals surface area contributed by atoms with Gasteiger partial charge >= 0.3 is 5.63 Å². The third kappa shape index (κ3) is 2.05. The van der Waals surface area contributed by atoms with Crippen molar-refractivity contribution in [3.8, 4) is 17.0 Å². The van der Waals surface area contributed by atoms with E-state index >= 15 is 0 Å². The Kier molecular flexibility index (Phi) is 3.05. The molecule has 0 atom stereocenters. The average Bonchev–Trinajstić information content (AvgIpc) is 3.07. The molecular weight excluding hydrogens is 368 g/mol. The summed E-state index contributed by atoms with van der Waals surface area (Å²) in [5.41, 5.74) is 1.03. The number of thiazole rings is 1. The second kappa shape index (κ2) is 4.96. The molecule has 110 valence electrons. The number of rotatable bonds is 2. The normalized spacial score (nSPS) is 11.4. The molecule has 5 nitrogen and oxygen atoms in total. The molecule has 0 aliphatic rings. The number of halogens is 1. The van der Waals surface area contributed by atoms with Crippen LogP contribution >= 0.6 is 27.3 Å². The van der Waals surface area contributed by atoms with Crippen molar-refractivity contribution in [1.29, 1.82) is 0 Å². The van der Waals surface area contributed by atoms with Gasteiger partial charge < -0.3 is 9.15 Å². The van der Waals surface area contributed by atoms with E-state index in [1.807, 2.05) is 28.2 Å². The van der Waals surface area contributed by atoms with Crippen LogP contribution in [0, 0.1) is 0 Å². The standard InChI is InChI=1S/C15H9BrN2O3S/c1-20-12-6-9(16)4-8-5-10(14(19)21-13(8)12)11-7-18-2-3-22-15(18)17-11/h2-7H,1H3. The van der Waals surface area contributed by atoms with Gasteiger partial charge in [-0.05, 0) is 18.2 Å². The summed E-state index contributed by atoms with van der Waals surface area (Å²) in [6.07, 6.45) is 3.72. The number of methoxy groups -OCH3 is 1. The molecule has 0 aliphatic heterocycles. The number of hydrogen-bond acceptors (Lipinski definition) is 5. The first kappa shape index (κ1) is 13.5. The van der Waals surface area contributed by atoms with Gasteiger partial charge in [0.1, 0.15) is 0 Å². The SMILES string of the molecule is COc1cc(Br)cc2cc(-c3cn4ccsc4n3)c(=O)oc12. The van der Waals surface area contributed by atoms with Gasteiger partial charge in [-0.1, -0.05) is 15.9 Å². The van der Waals surface area contributed by atoms with Crippen LogP contribution in [0.4, 0.5) is 0 Å². The molecule has 7 heteroatoms. The Morgan fingerprint density at radius 2 is 2.23 bits per heavy atom. The van der Waals surface area contributed by atoms with Crippen LogP contribution < -0.4 is 10.4 Å². The third-order valence-corrected chi connectivity index (χ3v) is 4.58. The molecule has 0 unspecified atom stereocenters. The van der Waals surface area contributed by atoms with Crippen molar-refractivity contribution in [3.63, 3.8) is 0 Å². The van der Waals surface area contributed by atoms with Crippen molar-refractivity contribution in [2.24, 2.45) is 0 Å². The summed E-state index contributed by atoms with van der Waals surface area (Å²) in [6.45, 7) is 0. The van der Waals surface area contributed by atoms with Gasteiger partial charge in [0.2, 0.25) is 0 Å². The lowest BCUT2D eigenvalue weighted by Gasteiger charge is -2.06. The Morgan fingerprint density at radius 3 is 3.00 bits per heavy atom. The van der Waals surface area contributed by atoms with E-state index in [2.05, 4.69) is 20.9 Å². The smallest absolute Gasteiger partial charge is 0.345 e. The minimum atomic E-state index is -0.432. The summed E-state index contributed by atoms with van der Waals surface area (Å²) in [6, 6.07) is 5.42. The van der Waals surface area contributed by atoms with Gasteiger partial charge in [0.25, 0.3) is 0 Å². The Balaban J connectivity index is 2.00. The van der Waals surface area contributed by atoms with Crippen LogP contribution in [0.2, 0.25) is 0 Å². The largest absolute Gasteiger partial charge is 0.493 e. The van der Waals surface area contributed by atoms with E-state index in [0.717, 1.165) is 14.8 Å². The zero-order valence-corrected chi connectivity index (χ0v) is 13.8. The van der Waals surface area contributed by atoms with Gasteiger partial charge in [-0.15, -0.1) is 11.3 Å². The number of nitrogens with zero attached hydrogens (tertiary/aromatic N) is 2. The minimum Gasteiger partial charge on any atom is -0.493 e. The van der Waals surface area contributed by atoms with Crippen molar-refractivity contribution in [1.82, 2.24) is 9.38 Å². The van der Waals surface area contributed by atoms with E-state index in [4.69, 9.17) is 9.15 Å². The molecule has 4 aromatic rings. The number of imidazole rings is 1.